The van der Waals surface area contributed by atoms with Gasteiger partial charge < -0.3 is 5.11 Å². The Morgan fingerprint density at radius 3 is 2.61 bits per heavy atom. The van der Waals surface area contributed by atoms with Gasteiger partial charge in [-0.1, -0.05) is 57.9 Å². The fourth-order valence-corrected chi connectivity index (χ4v) is 9.15. The summed E-state index contributed by atoms with van der Waals surface area (Å²) in [5.41, 5.74) is 4.24. The maximum Gasteiger partial charge on any atom is 0.0577 e. The standard InChI is InChI=1S/C30H50O/c1-7-20(3)22(8-2)10-9-21(4)26-13-14-27-25-12-11-23-19-24(31)15-17-29(23,5)28(25)16-18-30(26,27)6/h8,11,20-21,24-28,31H,7,9-10,12-19H2,1-6H3/b22-8-. The average Bonchev–Trinajstić information content (AvgIpc) is 3.11. The molecule has 9 atom stereocenters. The summed E-state index contributed by atoms with van der Waals surface area (Å²) in [5.74, 6) is 5.20. The summed E-state index contributed by atoms with van der Waals surface area (Å²) < 4.78 is 0. The van der Waals surface area contributed by atoms with Crippen molar-refractivity contribution in [3.63, 3.8) is 0 Å². The molecule has 4 aliphatic carbocycles. The summed E-state index contributed by atoms with van der Waals surface area (Å²) in [6.07, 6.45) is 19.1. The molecular formula is C30H50O. The molecule has 1 N–H and O–H groups in total. The topological polar surface area (TPSA) is 20.2 Å². The molecule has 0 aliphatic heterocycles. The highest BCUT2D eigenvalue weighted by molar-refractivity contribution is 5.25. The van der Waals surface area contributed by atoms with Gasteiger partial charge >= 0.3 is 0 Å². The smallest absolute Gasteiger partial charge is 0.0577 e. The van der Waals surface area contributed by atoms with Crippen LogP contribution in [0.1, 0.15) is 112 Å². The fourth-order valence-electron chi connectivity index (χ4n) is 9.15. The van der Waals surface area contributed by atoms with Gasteiger partial charge in [-0.25, -0.2) is 0 Å². The Bertz CT molecular complexity index is 703. The summed E-state index contributed by atoms with van der Waals surface area (Å²) >= 11 is 0. The minimum atomic E-state index is -0.0843. The molecule has 0 aromatic heterocycles. The van der Waals surface area contributed by atoms with Crippen LogP contribution in [0, 0.1) is 46.3 Å². The van der Waals surface area contributed by atoms with Gasteiger partial charge in [0.05, 0.1) is 6.10 Å². The summed E-state index contributed by atoms with van der Waals surface area (Å²) in [6.45, 7) is 14.8. The molecule has 0 aromatic carbocycles. The van der Waals surface area contributed by atoms with Crippen LogP contribution in [0.25, 0.3) is 0 Å². The second-order valence-corrected chi connectivity index (χ2v) is 12.6. The van der Waals surface area contributed by atoms with Crippen molar-refractivity contribution in [1.29, 1.82) is 0 Å². The zero-order valence-corrected chi connectivity index (χ0v) is 21.4. The Balaban J connectivity index is 1.47. The molecule has 0 spiro atoms. The first-order chi connectivity index (χ1) is 14.7. The predicted octanol–water partition coefficient (Wildman–Crippen LogP) is 8.34. The highest BCUT2D eigenvalue weighted by Gasteiger charge is 2.59. The molecular weight excluding hydrogens is 376 g/mol. The van der Waals surface area contributed by atoms with E-state index in [-0.39, 0.29) is 6.10 Å². The number of rotatable bonds is 6. The van der Waals surface area contributed by atoms with Gasteiger partial charge in [0.15, 0.2) is 0 Å². The van der Waals surface area contributed by atoms with Gasteiger partial charge in [-0.3, -0.25) is 0 Å². The lowest BCUT2D eigenvalue weighted by Crippen LogP contribution is -2.50. The van der Waals surface area contributed by atoms with Gasteiger partial charge in [0.25, 0.3) is 0 Å². The molecule has 0 bridgehead atoms. The van der Waals surface area contributed by atoms with Crippen molar-refractivity contribution in [1.82, 2.24) is 0 Å². The Hall–Kier alpha value is -0.560. The highest BCUT2D eigenvalue weighted by atomic mass is 16.3. The third-order valence-corrected chi connectivity index (χ3v) is 11.3. The molecule has 3 fully saturated rings. The first kappa shape index (κ1) is 23.6. The molecule has 1 heteroatoms. The van der Waals surface area contributed by atoms with E-state index in [9.17, 15) is 5.11 Å². The van der Waals surface area contributed by atoms with E-state index >= 15 is 0 Å². The number of aliphatic hydroxyl groups is 1. The molecule has 9 unspecified atom stereocenters. The zero-order valence-electron chi connectivity index (χ0n) is 21.4. The SMILES string of the molecule is C/C=C(/CCC(C)C1CCC2C3CC=C4CC(O)CCC4(C)C3CCC12C)C(C)CC. The fraction of sp³-hybridized carbons (Fsp3) is 0.867. The summed E-state index contributed by atoms with van der Waals surface area (Å²) in [6, 6.07) is 0. The van der Waals surface area contributed by atoms with Crippen LogP contribution in [0.3, 0.4) is 0 Å². The second-order valence-electron chi connectivity index (χ2n) is 12.6. The molecule has 0 amide bonds. The minimum Gasteiger partial charge on any atom is -0.393 e. The van der Waals surface area contributed by atoms with Gasteiger partial charge in [0.1, 0.15) is 0 Å². The van der Waals surface area contributed by atoms with Crippen molar-refractivity contribution in [3.8, 4) is 0 Å². The minimum absolute atomic E-state index is 0.0843. The molecule has 0 radical (unpaired) electrons. The first-order valence-electron chi connectivity index (χ1n) is 13.8. The molecule has 0 heterocycles. The van der Waals surface area contributed by atoms with Crippen LogP contribution in [0.2, 0.25) is 0 Å². The van der Waals surface area contributed by atoms with Gasteiger partial charge in [-0.05, 0) is 124 Å². The van der Waals surface area contributed by atoms with E-state index in [0.29, 0.717) is 10.8 Å². The van der Waals surface area contributed by atoms with Crippen LogP contribution in [0.15, 0.2) is 23.3 Å². The molecule has 4 aliphatic rings. The largest absolute Gasteiger partial charge is 0.393 e. The van der Waals surface area contributed by atoms with Crippen molar-refractivity contribution in [2.75, 3.05) is 0 Å². The lowest BCUT2D eigenvalue weighted by Gasteiger charge is -2.58. The van der Waals surface area contributed by atoms with Crippen molar-refractivity contribution < 1.29 is 5.11 Å². The van der Waals surface area contributed by atoms with Crippen molar-refractivity contribution in [3.05, 3.63) is 23.3 Å². The molecule has 0 aromatic rings. The first-order valence-corrected chi connectivity index (χ1v) is 13.8. The summed E-state index contributed by atoms with van der Waals surface area (Å²) in [7, 11) is 0. The monoisotopic (exact) mass is 426 g/mol. The summed E-state index contributed by atoms with van der Waals surface area (Å²) in [4.78, 5) is 0. The van der Waals surface area contributed by atoms with E-state index in [1.165, 1.54) is 57.8 Å². The van der Waals surface area contributed by atoms with E-state index in [1.54, 1.807) is 11.1 Å². The molecule has 3 saturated carbocycles. The van der Waals surface area contributed by atoms with Crippen molar-refractivity contribution in [2.24, 2.45) is 46.3 Å². The molecule has 0 saturated heterocycles. The number of allylic oxidation sites excluding steroid dienone is 3. The average molecular weight is 427 g/mol. The van der Waals surface area contributed by atoms with E-state index in [0.717, 1.165) is 48.3 Å². The van der Waals surface area contributed by atoms with Crippen LogP contribution in [-0.4, -0.2) is 11.2 Å². The van der Waals surface area contributed by atoms with Crippen LogP contribution in [0.4, 0.5) is 0 Å². The third kappa shape index (κ3) is 4.00. The van der Waals surface area contributed by atoms with Gasteiger partial charge in [-0.15, -0.1) is 0 Å². The number of hydrogen-bond donors (Lipinski definition) is 1. The van der Waals surface area contributed by atoms with Gasteiger partial charge in [0, 0.05) is 0 Å². The summed E-state index contributed by atoms with van der Waals surface area (Å²) in [5, 5.41) is 10.3. The molecule has 176 valence electrons. The van der Waals surface area contributed by atoms with Gasteiger partial charge in [-0.2, -0.15) is 0 Å². The normalized spacial score (nSPS) is 44.7. The maximum atomic E-state index is 10.3. The van der Waals surface area contributed by atoms with Crippen LogP contribution in [0.5, 0.6) is 0 Å². The molecule has 1 nitrogen and oxygen atoms in total. The second kappa shape index (κ2) is 9.00. The van der Waals surface area contributed by atoms with Gasteiger partial charge in [0.2, 0.25) is 0 Å². The third-order valence-electron chi connectivity index (χ3n) is 11.3. The number of fused-ring (bicyclic) bond motifs is 5. The lowest BCUT2D eigenvalue weighted by atomic mass is 9.47. The Labute approximate surface area is 193 Å². The van der Waals surface area contributed by atoms with Crippen LogP contribution >= 0.6 is 0 Å². The van der Waals surface area contributed by atoms with Crippen LogP contribution in [-0.2, 0) is 0 Å². The van der Waals surface area contributed by atoms with E-state index in [4.69, 9.17) is 0 Å². The van der Waals surface area contributed by atoms with Crippen molar-refractivity contribution >= 4 is 0 Å². The van der Waals surface area contributed by atoms with E-state index in [2.05, 4.69) is 53.7 Å². The number of aliphatic hydroxyl groups excluding tert-OH is 1. The Kier molecular flexibility index (Phi) is 6.85. The highest BCUT2D eigenvalue weighted by Crippen LogP contribution is 2.67. The molecule has 4 rings (SSSR count). The molecule has 31 heavy (non-hydrogen) atoms. The Morgan fingerprint density at radius 2 is 1.90 bits per heavy atom. The van der Waals surface area contributed by atoms with Crippen molar-refractivity contribution in [2.45, 2.75) is 118 Å². The predicted molar refractivity (Wildman–Crippen MR) is 133 cm³/mol. The zero-order chi connectivity index (χ0) is 22.4. The number of hydrogen-bond acceptors (Lipinski definition) is 1. The van der Waals surface area contributed by atoms with E-state index < -0.39 is 0 Å². The lowest BCUT2D eigenvalue weighted by molar-refractivity contribution is -0.0571. The Morgan fingerprint density at radius 1 is 1.13 bits per heavy atom. The quantitative estimate of drug-likeness (QED) is 0.423. The van der Waals surface area contributed by atoms with Crippen LogP contribution < -0.4 is 0 Å². The van der Waals surface area contributed by atoms with E-state index in [1.807, 2.05) is 0 Å². The maximum absolute atomic E-state index is 10.3.